The van der Waals surface area contributed by atoms with Crippen molar-refractivity contribution in [3.63, 3.8) is 0 Å². The third-order valence-electron chi connectivity index (χ3n) is 3.86. The highest BCUT2D eigenvalue weighted by Crippen LogP contribution is 2.31. The lowest BCUT2D eigenvalue weighted by Gasteiger charge is -2.09. The van der Waals surface area contributed by atoms with Crippen LogP contribution in [-0.4, -0.2) is 34.1 Å². The predicted molar refractivity (Wildman–Crippen MR) is 99.6 cm³/mol. The van der Waals surface area contributed by atoms with Crippen LogP contribution < -0.4 is 10.6 Å². The Balaban J connectivity index is 2.23. The van der Waals surface area contributed by atoms with Crippen LogP contribution >= 0.6 is 11.6 Å². The van der Waals surface area contributed by atoms with E-state index >= 15 is 0 Å². The molecule has 3 rings (SSSR count). The molecule has 2 aromatic heterocycles. The van der Waals surface area contributed by atoms with Crippen LogP contribution in [0.15, 0.2) is 42.6 Å². The number of rotatable bonds is 5. The first-order valence-corrected chi connectivity index (χ1v) is 8.17. The zero-order valence-corrected chi connectivity index (χ0v) is 14.9. The molecule has 0 saturated heterocycles. The Morgan fingerprint density at radius 3 is 2.77 bits per heavy atom. The van der Waals surface area contributed by atoms with Crippen LogP contribution in [-0.2, 0) is 4.79 Å². The molecule has 0 radical (unpaired) electrons. The van der Waals surface area contributed by atoms with Gasteiger partial charge in [-0.3, -0.25) is 9.59 Å². The van der Waals surface area contributed by atoms with E-state index in [1.165, 1.54) is 4.68 Å². The standard InChI is InChI=1S/C18H16ClN5O2/c1-11-5-3-6-12(18(26)20-2)16(11)14-9-15(22-10-25)24(23-14)17-13(19)7-4-8-21-17/h3-10H,1-2H3,(H,20,26)(H,22,25). The van der Waals surface area contributed by atoms with Gasteiger partial charge in [-0.15, -0.1) is 0 Å². The molecule has 132 valence electrons. The molecule has 0 bridgehead atoms. The predicted octanol–water partition coefficient (Wildman–Crippen LogP) is 2.82. The maximum atomic E-state index is 12.3. The van der Waals surface area contributed by atoms with Gasteiger partial charge in [0.05, 0.1) is 10.7 Å². The molecule has 8 heteroatoms. The fraction of sp³-hybridized carbons (Fsp3) is 0.111. The summed E-state index contributed by atoms with van der Waals surface area (Å²) >= 11 is 6.22. The SMILES string of the molecule is CNC(=O)c1cccc(C)c1-c1cc(NC=O)n(-c2ncccc2Cl)n1. The lowest BCUT2D eigenvalue weighted by atomic mass is 9.98. The molecular formula is C18H16ClN5O2. The summed E-state index contributed by atoms with van der Waals surface area (Å²) in [5.41, 5.74) is 2.56. The van der Waals surface area contributed by atoms with Crippen molar-refractivity contribution in [1.29, 1.82) is 0 Å². The van der Waals surface area contributed by atoms with Gasteiger partial charge in [0.25, 0.3) is 5.91 Å². The minimum absolute atomic E-state index is 0.223. The largest absolute Gasteiger partial charge is 0.355 e. The number of halogens is 1. The molecule has 3 aromatic rings. The van der Waals surface area contributed by atoms with Crippen LogP contribution in [0.4, 0.5) is 5.82 Å². The molecule has 26 heavy (non-hydrogen) atoms. The zero-order valence-electron chi connectivity index (χ0n) is 14.2. The van der Waals surface area contributed by atoms with Crippen molar-refractivity contribution in [2.24, 2.45) is 0 Å². The Kier molecular flexibility index (Phi) is 4.99. The summed E-state index contributed by atoms with van der Waals surface area (Å²) in [5.74, 6) is 0.542. The summed E-state index contributed by atoms with van der Waals surface area (Å²) in [6, 6.07) is 10.5. The van der Waals surface area contributed by atoms with E-state index in [4.69, 9.17) is 11.6 Å². The highest BCUT2D eigenvalue weighted by molar-refractivity contribution is 6.32. The number of amides is 2. The van der Waals surface area contributed by atoms with Gasteiger partial charge in [-0.2, -0.15) is 9.78 Å². The molecule has 0 saturated carbocycles. The van der Waals surface area contributed by atoms with E-state index in [1.54, 1.807) is 43.6 Å². The molecular weight excluding hydrogens is 354 g/mol. The van der Waals surface area contributed by atoms with Crippen molar-refractivity contribution in [2.75, 3.05) is 12.4 Å². The number of hydrogen-bond donors (Lipinski definition) is 2. The van der Waals surface area contributed by atoms with Crippen LogP contribution in [0.5, 0.6) is 0 Å². The van der Waals surface area contributed by atoms with E-state index < -0.39 is 0 Å². The summed E-state index contributed by atoms with van der Waals surface area (Å²) in [7, 11) is 1.57. The Morgan fingerprint density at radius 2 is 2.08 bits per heavy atom. The van der Waals surface area contributed by atoms with Gasteiger partial charge in [0.2, 0.25) is 6.41 Å². The van der Waals surface area contributed by atoms with Crippen LogP contribution in [0.25, 0.3) is 17.1 Å². The molecule has 7 nitrogen and oxygen atoms in total. The van der Waals surface area contributed by atoms with Crippen molar-refractivity contribution in [2.45, 2.75) is 6.92 Å². The summed E-state index contributed by atoms with van der Waals surface area (Å²) < 4.78 is 1.44. The average molecular weight is 370 g/mol. The molecule has 0 aliphatic carbocycles. The normalized spacial score (nSPS) is 10.4. The Hall–Kier alpha value is -3.19. The van der Waals surface area contributed by atoms with E-state index in [0.29, 0.717) is 39.9 Å². The highest BCUT2D eigenvalue weighted by atomic mass is 35.5. The monoisotopic (exact) mass is 369 g/mol. The summed E-state index contributed by atoms with van der Waals surface area (Å²) in [5, 5.41) is 10.1. The smallest absolute Gasteiger partial charge is 0.251 e. The fourth-order valence-corrected chi connectivity index (χ4v) is 2.89. The second-order valence-electron chi connectivity index (χ2n) is 5.47. The molecule has 0 aliphatic heterocycles. The topological polar surface area (TPSA) is 88.9 Å². The fourth-order valence-electron chi connectivity index (χ4n) is 2.69. The van der Waals surface area contributed by atoms with Gasteiger partial charge in [-0.25, -0.2) is 4.98 Å². The molecule has 0 unspecified atom stereocenters. The molecule has 0 spiro atoms. The first kappa shape index (κ1) is 17.6. The lowest BCUT2D eigenvalue weighted by molar-refractivity contribution is -0.105. The number of carbonyl (C=O) groups is 2. The average Bonchev–Trinajstić information content (AvgIpc) is 3.04. The second-order valence-corrected chi connectivity index (χ2v) is 5.88. The van der Waals surface area contributed by atoms with Crippen molar-refractivity contribution >= 4 is 29.7 Å². The molecule has 0 fully saturated rings. The van der Waals surface area contributed by atoms with Gasteiger partial charge in [0.15, 0.2) is 5.82 Å². The van der Waals surface area contributed by atoms with E-state index in [2.05, 4.69) is 20.7 Å². The van der Waals surface area contributed by atoms with E-state index in [9.17, 15) is 9.59 Å². The van der Waals surface area contributed by atoms with Gasteiger partial charge in [0, 0.05) is 30.4 Å². The molecule has 2 amide bonds. The first-order valence-electron chi connectivity index (χ1n) is 7.80. The van der Waals surface area contributed by atoms with E-state index in [1.807, 2.05) is 13.0 Å². The van der Waals surface area contributed by atoms with Crippen molar-refractivity contribution in [3.8, 4) is 17.1 Å². The number of aromatic nitrogens is 3. The van der Waals surface area contributed by atoms with Gasteiger partial charge >= 0.3 is 0 Å². The highest BCUT2D eigenvalue weighted by Gasteiger charge is 2.20. The van der Waals surface area contributed by atoms with Crippen molar-refractivity contribution < 1.29 is 9.59 Å². The van der Waals surface area contributed by atoms with Crippen molar-refractivity contribution in [1.82, 2.24) is 20.1 Å². The third-order valence-corrected chi connectivity index (χ3v) is 4.15. The molecule has 2 heterocycles. The quantitative estimate of drug-likeness (QED) is 0.677. The molecule has 0 atom stereocenters. The molecule has 2 N–H and O–H groups in total. The number of aryl methyl sites for hydroxylation is 1. The summed E-state index contributed by atoms with van der Waals surface area (Å²) in [6.07, 6.45) is 2.13. The van der Waals surface area contributed by atoms with Crippen LogP contribution in [0, 0.1) is 6.92 Å². The van der Waals surface area contributed by atoms with Gasteiger partial charge in [-0.05, 0) is 30.7 Å². The third kappa shape index (κ3) is 3.16. The maximum absolute atomic E-state index is 12.3. The van der Waals surface area contributed by atoms with Crippen LogP contribution in [0.2, 0.25) is 5.02 Å². The zero-order chi connectivity index (χ0) is 18.7. The Labute approximate surface area is 155 Å². The van der Waals surface area contributed by atoms with Crippen LogP contribution in [0.3, 0.4) is 0 Å². The number of pyridine rings is 1. The van der Waals surface area contributed by atoms with Gasteiger partial charge in [-0.1, -0.05) is 23.7 Å². The Morgan fingerprint density at radius 1 is 1.27 bits per heavy atom. The van der Waals surface area contributed by atoms with E-state index in [0.717, 1.165) is 5.56 Å². The second kappa shape index (κ2) is 7.37. The van der Waals surface area contributed by atoms with Gasteiger partial charge in [0.1, 0.15) is 5.82 Å². The van der Waals surface area contributed by atoms with Crippen molar-refractivity contribution in [3.05, 3.63) is 58.7 Å². The lowest BCUT2D eigenvalue weighted by Crippen LogP contribution is -2.19. The first-order chi connectivity index (χ1) is 12.6. The molecule has 1 aromatic carbocycles. The number of carbonyl (C=O) groups excluding carboxylic acids is 2. The number of nitrogens with one attached hydrogen (secondary N) is 2. The number of anilines is 1. The Bertz CT molecular complexity index is 983. The number of benzene rings is 1. The number of hydrogen-bond acceptors (Lipinski definition) is 4. The minimum atomic E-state index is -0.223. The maximum Gasteiger partial charge on any atom is 0.251 e. The summed E-state index contributed by atoms with van der Waals surface area (Å²) in [4.78, 5) is 27.5. The number of nitrogens with zero attached hydrogens (tertiary/aromatic N) is 3. The summed E-state index contributed by atoms with van der Waals surface area (Å²) in [6.45, 7) is 1.89. The van der Waals surface area contributed by atoms with E-state index in [-0.39, 0.29) is 5.91 Å². The van der Waals surface area contributed by atoms with Gasteiger partial charge < -0.3 is 10.6 Å². The van der Waals surface area contributed by atoms with Crippen LogP contribution in [0.1, 0.15) is 15.9 Å². The minimum Gasteiger partial charge on any atom is -0.355 e. The molecule has 0 aliphatic rings.